The number of pyridine rings is 1. The second kappa shape index (κ2) is 4.29. The Hall–Kier alpha value is -1.29. The van der Waals surface area contributed by atoms with Crippen LogP contribution in [0.4, 0.5) is 11.5 Å². The largest absolute Gasteiger partial charge is 0.397 e. The maximum Gasteiger partial charge on any atom is 0.131 e. The van der Waals surface area contributed by atoms with Crippen molar-refractivity contribution in [2.24, 2.45) is 0 Å². The third kappa shape index (κ3) is 2.11. The Morgan fingerprint density at radius 1 is 1.56 bits per heavy atom. The highest BCUT2D eigenvalue weighted by atomic mass is 15.3. The molecule has 1 fully saturated rings. The van der Waals surface area contributed by atoms with Crippen molar-refractivity contribution in [1.82, 2.24) is 9.88 Å². The zero-order valence-electron chi connectivity index (χ0n) is 10.3. The van der Waals surface area contributed by atoms with Crippen LogP contribution >= 0.6 is 0 Å². The Morgan fingerprint density at radius 3 is 2.88 bits per heavy atom. The summed E-state index contributed by atoms with van der Waals surface area (Å²) >= 11 is 0. The molecule has 0 spiro atoms. The average molecular weight is 220 g/mol. The fourth-order valence-electron chi connectivity index (χ4n) is 2.36. The van der Waals surface area contributed by atoms with E-state index < -0.39 is 0 Å². The van der Waals surface area contributed by atoms with E-state index in [9.17, 15) is 0 Å². The Bertz CT molecular complexity index is 377. The Morgan fingerprint density at radius 2 is 2.31 bits per heavy atom. The number of nitrogen functional groups attached to an aromatic ring is 1. The standard InChI is InChI=1S/C12H20N4/c1-9-6-10(13)7-14-12(9)16(3)11-4-5-15(2)8-11/h6-7,11H,4-5,8,13H2,1-3H3. The lowest BCUT2D eigenvalue weighted by molar-refractivity contribution is 0.409. The molecule has 2 N–H and O–H groups in total. The maximum absolute atomic E-state index is 5.71. The summed E-state index contributed by atoms with van der Waals surface area (Å²) in [6.45, 7) is 4.35. The van der Waals surface area contributed by atoms with Crippen LogP contribution in [-0.2, 0) is 0 Å². The summed E-state index contributed by atoms with van der Waals surface area (Å²) in [6.07, 6.45) is 2.94. The predicted octanol–water partition coefficient (Wildman–Crippen LogP) is 1.11. The lowest BCUT2D eigenvalue weighted by atomic mass is 10.2. The second-order valence-electron chi connectivity index (χ2n) is 4.72. The minimum absolute atomic E-state index is 0.569. The van der Waals surface area contributed by atoms with Crippen LogP contribution in [0.2, 0.25) is 0 Å². The van der Waals surface area contributed by atoms with Gasteiger partial charge in [-0.3, -0.25) is 0 Å². The predicted molar refractivity (Wildman–Crippen MR) is 67.7 cm³/mol. The summed E-state index contributed by atoms with van der Waals surface area (Å²) in [7, 11) is 4.28. The molecular formula is C12H20N4. The summed E-state index contributed by atoms with van der Waals surface area (Å²) in [4.78, 5) is 9.06. The van der Waals surface area contributed by atoms with Gasteiger partial charge in [-0.15, -0.1) is 0 Å². The molecule has 1 unspecified atom stereocenters. The van der Waals surface area contributed by atoms with Crippen molar-refractivity contribution in [1.29, 1.82) is 0 Å². The van der Waals surface area contributed by atoms with Crippen LogP contribution in [0.15, 0.2) is 12.3 Å². The number of rotatable bonds is 2. The van der Waals surface area contributed by atoms with Crippen molar-refractivity contribution in [3.63, 3.8) is 0 Å². The molecule has 0 bridgehead atoms. The Balaban J connectivity index is 2.17. The SMILES string of the molecule is Cc1cc(N)cnc1N(C)C1CCN(C)C1. The van der Waals surface area contributed by atoms with Gasteiger partial charge in [-0.2, -0.15) is 0 Å². The minimum atomic E-state index is 0.569. The van der Waals surface area contributed by atoms with E-state index in [4.69, 9.17) is 5.73 Å². The Labute approximate surface area is 97.1 Å². The van der Waals surface area contributed by atoms with Crippen molar-refractivity contribution in [2.45, 2.75) is 19.4 Å². The first-order valence-electron chi connectivity index (χ1n) is 5.71. The minimum Gasteiger partial charge on any atom is -0.397 e. The van der Waals surface area contributed by atoms with Crippen LogP contribution in [0.3, 0.4) is 0 Å². The van der Waals surface area contributed by atoms with Crippen molar-refractivity contribution < 1.29 is 0 Å². The van der Waals surface area contributed by atoms with E-state index in [1.807, 2.05) is 6.07 Å². The summed E-state index contributed by atoms with van der Waals surface area (Å²) < 4.78 is 0. The first-order valence-corrected chi connectivity index (χ1v) is 5.71. The van der Waals surface area contributed by atoms with Crippen LogP contribution in [0.5, 0.6) is 0 Å². The Kier molecular flexibility index (Phi) is 3.01. The van der Waals surface area contributed by atoms with Crippen LogP contribution in [0.25, 0.3) is 0 Å². The number of likely N-dealkylation sites (tertiary alicyclic amines) is 1. The molecule has 2 rings (SSSR count). The van der Waals surface area contributed by atoms with Crippen LogP contribution < -0.4 is 10.6 Å². The van der Waals surface area contributed by atoms with E-state index in [1.165, 1.54) is 13.0 Å². The molecular weight excluding hydrogens is 200 g/mol. The molecule has 4 nitrogen and oxygen atoms in total. The molecule has 16 heavy (non-hydrogen) atoms. The quantitative estimate of drug-likeness (QED) is 0.811. The molecule has 1 aromatic heterocycles. The summed E-state index contributed by atoms with van der Waals surface area (Å²) in [5.74, 6) is 1.05. The third-order valence-electron chi connectivity index (χ3n) is 3.32. The zero-order valence-corrected chi connectivity index (χ0v) is 10.3. The van der Waals surface area contributed by atoms with E-state index in [0.717, 1.165) is 23.6 Å². The highest BCUT2D eigenvalue weighted by Gasteiger charge is 2.24. The van der Waals surface area contributed by atoms with Gasteiger partial charge in [-0.25, -0.2) is 4.98 Å². The van der Waals surface area contributed by atoms with Gasteiger partial charge in [0.15, 0.2) is 0 Å². The number of likely N-dealkylation sites (N-methyl/N-ethyl adjacent to an activating group) is 2. The van der Waals surface area contributed by atoms with Crippen molar-refractivity contribution in [3.05, 3.63) is 17.8 Å². The number of anilines is 2. The zero-order chi connectivity index (χ0) is 11.7. The van der Waals surface area contributed by atoms with E-state index in [0.29, 0.717) is 6.04 Å². The number of hydrogen-bond acceptors (Lipinski definition) is 4. The molecule has 0 radical (unpaired) electrons. The molecule has 88 valence electrons. The van der Waals surface area contributed by atoms with E-state index in [-0.39, 0.29) is 0 Å². The molecule has 1 saturated heterocycles. The van der Waals surface area contributed by atoms with Crippen molar-refractivity contribution >= 4 is 11.5 Å². The van der Waals surface area contributed by atoms with Gasteiger partial charge in [0.1, 0.15) is 5.82 Å². The third-order valence-corrected chi connectivity index (χ3v) is 3.32. The summed E-state index contributed by atoms with van der Waals surface area (Å²) in [5, 5.41) is 0. The lowest BCUT2D eigenvalue weighted by Crippen LogP contribution is -2.34. The molecule has 1 aliphatic heterocycles. The number of nitrogens with zero attached hydrogens (tertiary/aromatic N) is 3. The number of aromatic nitrogens is 1. The topological polar surface area (TPSA) is 45.4 Å². The molecule has 0 aliphatic carbocycles. The second-order valence-corrected chi connectivity index (χ2v) is 4.72. The first-order chi connectivity index (χ1) is 7.58. The molecule has 0 aromatic carbocycles. The van der Waals surface area contributed by atoms with E-state index in [1.54, 1.807) is 6.20 Å². The van der Waals surface area contributed by atoms with Gasteiger partial charge < -0.3 is 15.5 Å². The molecule has 2 heterocycles. The number of hydrogen-bond donors (Lipinski definition) is 1. The molecule has 0 saturated carbocycles. The summed E-state index contributed by atoms with van der Waals surface area (Å²) in [6, 6.07) is 2.55. The molecule has 1 atom stereocenters. The van der Waals surface area contributed by atoms with Gasteiger partial charge in [0, 0.05) is 19.6 Å². The fourth-order valence-corrected chi connectivity index (χ4v) is 2.36. The number of aryl methyl sites for hydroxylation is 1. The van der Waals surface area contributed by atoms with Crippen molar-refractivity contribution in [2.75, 3.05) is 37.8 Å². The number of nitrogens with two attached hydrogens (primary N) is 1. The lowest BCUT2D eigenvalue weighted by Gasteiger charge is -2.26. The normalized spacial score (nSPS) is 21.3. The van der Waals surface area contributed by atoms with Crippen LogP contribution in [0.1, 0.15) is 12.0 Å². The molecule has 4 heteroatoms. The van der Waals surface area contributed by atoms with Gasteiger partial charge in [0.05, 0.1) is 11.9 Å². The van der Waals surface area contributed by atoms with Gasteiger partial charge in [-0.1, -0.05) is 0 Å². The smallest absolute Gasteiger partial charge is 0.131 e. The van der Waals surface area contributed by atoms with Crippen LogP contribution in [-0.4, -0.2) is 43.1 Å². The fraction of sp³-hybridized carbons (Fsp3) is 0.583. The van der Waals surface area contributed by atoms with Gasteiger partial charge >= 0.3 is 0 Å². The molecule has 0 amide bonds. The van der Waals surface area contributed by atoms with Gasteiger partial charge in [0.25, 0.3) is 0 Å². The molecule has 1 aliphatic rings. The van der Waals surface area contributed by atoms with Gasteiger partial charge in [-0.05, 0) is 38.6 Å². The monoisotopic (exact) mass is 220 g/mol. The van der Waals surface area contributed by atoms with E-state index >= 15 is 0 Å². The summed E-state index contributed by atoms with van der Waals surface area (Å²) in [5.41, 5.74) is 7.60. The molecule has 1 aromatic rings. The highest BCUT2D eigenvalue weighted by molar-refractivity contribution is 5.52. The van der Waals surface area contributed by atoms with E-state index in [2.05, 4.69) is 35.8 Å². The average Bonchev–Trinajstić information content (AvgIpc) is 2.64. The van der Waals surface area contributed by atoms with Gasteiger partial charge in [0.2, 0.25) is 0 Å². The highest BCUT2D eigenvalue weighted by Crippen LogP contribution is 2.23. The van der Waals surface area contributed by atoms with Crippen LogP contribution in [0, 0.1) is 6.92 Å². The first kappa shape index (κ1) is 11.2. The maximum atomic E-state index is 5.71. The van der Waals surface area contributed by atoms with Crippen molar-refractivity contribution in [3.8, 4) is 0 Å².